The summed E-state index contributed by atoms with van der Waals surface area (Å²) in [4.78, 5) is 12.7. The van der Waals surface area contributed by atoms with E-state index < -0.39 is 14.9 Å². The van der Waals surface area contributed by atoms with Gasteiger partial charge in [0.25, 0.3) is 0 Å². The number of nitrogens with two attached hydrogens (primary N) is 1. The molecule has 0 spiro atoms. The van der Waals surface area contributed by atoms with Crippen LogP contribution in [0, 0.1) is 16.0 Å². The van der Waals surface area contributed by atoms with Gasteiger partial charge in [-0.15, -0.1) is 0 Å². The summed E-state index contributed by atoms with van der Waals surface area (Å²) in [6, 6.07) is 3.97. The van der Waals surface area contributed by atoms with Crippen molar-refractivity contribution in [3.8, 4) is 5.75 Å². The first-order valence-corrected chi connectivity index (χ1v) is 10.1. The van der Waals surface area contributed by atoms with Crippen molar-refractivity contribution in [3.05, 3.63) is 28.3 Å². The molecule has 2 fully saturated rings. The summed E-state index contributed by atoms with van der Waals surface area (Å²) >= 11 is 0. The van der Waals surface area contributed by atoms with Gasteiger partial charge in [0.15, 0.2) is 5.75 Å². The number of nitro groups is 1. The molecule has 144 valence electrons. The molecule has 1 aliphatic heterocycles. The predicted molar refractivity (Wildman–Crippen MR) is 93.5 cm³/mol. The Bertz CT molecular complexity index is 763. The maximum absolute atomic E-state index is 11.4. The van der Waals surface area contributed by atoms with Gasteiger partial charge < -0.3 is 9.47 Å². The predicted octanol–water partition coefficient (Wildman–Crippen LogP) is 1.12. The highest BCUT2D eigenvalue weighted by Gasteiger charge is 2.31. The van der Waals surface area contributed by atoms with Gasteiger partial charge >= 0.3 is 5.69 Å². The van der Waals surface area contributed by atoms with Gasteiger partial charge in [-0.3, -0.25) is 15.0 Å². The third kappa shape index (κ3) is 4.50. The number of nitrogens with zero attached hydrogens (tertiary/aromatic N) is 2. The summed E-state index contributed by atoms with van der Waals surface area (Å²) in [6.45, 7) is 3.79. The summed E-state index contributed by atoms with van der Waals surface area (Å²) in [5.74, 6) is 0.387. The average Bonchev–Trinajstić information content (AvgIpc) is 3.08. The van der Waals surface area contributed by atoms with Crippen LogP contribution >= 0.6 is 0 Å². The van der Waals surface area contributed by atoms with Crippen molar-refractivity contribution in [2.75, 3.05) is 32.9 Å². The first-order chi connectivity index (χ1) is 12.3. The molecule has 0 bridgehead atoms. The fourth-order valence-electron chi connectivity index (χ4n) is 3.62. The third-order valence-electron chi connectivity index (χ3n) is 5.01. The molecular weight excluding hydrogens is 362 g/mol. The molecule has 0 amide bonds. The van der Waals surface area contributed by atoms with E-state index in [0.717, 1.165) is 51.6 Å². The molecular formula is C16H23N3O6S. The fourth-order valence-corrected chi connectivity index (χ4v) is 4.15. The minimum Gasteiger partial charge on any atom is -0.487 e. The van der Waals surface area contributed by atoms with E-state index in [1.807, 2.05) is 0 Å². The second-order valence-corrected chi connectivity index (χ2v) is 8.29. The molecule has 10 heteroatoms. The standard InChI is InChI=1S/C16H23N3O6S/c17-26(22,23)14-3-4-16(15(10-14)19(20)21)25-11-12-1-2-13(9-12)18-5-7-24-8-6-18/h3-4,10,12-13H,1-2,5-9,11H2,(H2,17,22,23)/t12-,13+/m1/s1. The van der Waals surface area contributed by atoms with E-state index in [4.69, 9.17) is 14.6 Å². The first kappa shape index (κ1) is 19.0. The second-order valence-electron chi connectivity index (χ2n) is 6.72. The Morgan fingerprint density at radius 2 is 2.04 bits per heavy atom. The molecule has 3 rings (SSSR count). The number of benzene rings is 1. The maximum Gasteiger partial charge on any atom is 0.312 e. The number of hydrogen-bond donors (Lipinski definition) is 1. The van der Waals surface area contributed by atoms with E-state index in [0.29, 0.717) is 18.6 Å². The largest absolute Gasteiger partial charge is 0.487 e. The number of hydrogen-bond acceptors (Lipinski definition) is 7. The number of nitro benzene ring substituents is 1. The molecule has 1 heterocycles. The van der Waals surface area contributed by atoms with E-state index >= 15 is 0 Å². The Morgan fingerprint density at radius 1 is 1.31 bits per heavy atom. The minimum absolute atomic E-state index is 0.0669. The van der Waals surface area contributed by atoms with E-state index in [-0.39, 0.29) is 16.3 Å². The Kier molecular flexibility index (Phi) is 5.76. The van der Waals surface area contributed by atoms with Crippen molar-refractivity contribution < 1.29 is 22.8 Å². The third-order valence-corrected chi connectivity index (χ3v) is 5.92. The van der Waals surface area contributed by atoms with E-state index in [1.165, 1.54) is 12.1 Å². The van der Waals surface area contributed by atoms with Crippen LogP contribution in [0.25, 0.3) is 0 Å². The first-order valence-electron chi connectivity index (χ1n) is 8.60. The zero-order valence-corrected chi connectivity index (χ0v) is 15.2. The second kappa shape index (κ2) is 7.87. The number of primary sulfonamides is 1. The van der Waals surface area contributed by atoms with Crippen molar-refractivity contribution in [1.29, 1.82) is 0 Å². The van der Waals surface area contributed by atoms with Gasteiger partial charge in [-0.05, 0) is 37.3 Å². The molecule has 0 radical (unpaired) electrons. The molecule has 1 saturated carbocycles. The van der Waals surface area contributed by atoms with Crippen LogP contribution in [-0.2, 0) is 14.8 Å². The molecule has 1 saturated heterocycles. The SMILES string of the molecule is NS(=O)(=O)c1ccc(OC[C@@H]2CC[C@H](N3CCOCC3)C2)c([N+](=O)[O-])c1. The molecule has 26 heavy (non-hydrogen) atoms. The number of rotatable bonds is 6. The highest BCUT2D eigenvalue weighted by Crippen LogP contribution is 2.33. The highest BCUT2D eigenvalue weighted by atomic mass is 32.2. The normalized spacial score (nSPS) is 24.5. The smallest absolute Gasteiger partial charge is 0.312 e. The molecule has 2 aliphatic rings. The topological polar surface area (TPSA) is 125 Å². The van der Waals surface area contributed by atoms with Gasteiger partial charge in [0.05, 0.1) is 29.6 Å². The monoisotopic (exact) mass is 385 g/mol. The number of sulfonamides is 1. The molecule has 1 aromatic carbocycles. The zero-order valence-electron chi connectivity index (χ0n) is 14.4. The van der Waals surface area contributed by atoms with Crippen LogP contribution < -0.4 is 9.88 Å². The van der Waals surface area contributed by atoms with Crippen LogP contribution in [0.4, 0.5) is 5.69 Å². The summed E-state index contributed by atoms with van der Waals surface area (Å²) in [6.07, 6.45) is 3.08. The van der Waals surface area contributed by atoms with Gasteiger partial charge in [0.1, 0.15) is 0 Å². The van der Waals surface area contributed by atoms with Crippen LogP contribution in [0.5, 0.6) is 5.75 Å². The van der Waals surface area contributed by atoms with Crippen LogP contribution in [0.2, 0.25) is 0 Å². The highest BCUT2D eigenvalue weighted by molar-refractivity contribution is 7.89. The molecule has 9 nitrogen and oxygen atoms in total. The Morgan fingerprint density at radius 3 is 2.69 bits per heavy atom. The van der Waals surface area contributed by atoms with Gasteiger partial charge in [0.2, 0.25) is 10.0 Å². The lowest BCUT2D eigenvalue weighted by atomic mass is 10.1. The Balaban J connectivity index is 1.62. The van der Waals surface area contributed by atoms with Crippen LogP contribution in [0.1, 0.15) is 19.3 Å². The summed E-state index contributed by atoms with van der Waals surface area (Å²) in [5, 5.41) is 16.3. The van der Waals surface area contributed by atoms with Gasteiger partial charge in [-0.25, -0.2) is 13.6 Å². The molecule has 0 unspecified atom stereocenters. The molecule has 2 atom stereocenters. The lowest BCUT2D eigenvalue weighted by Gasteiger charge is -2.32. The molecule has 2 N–H and O–H groups in total. The van der Waals surface area contributed by atoms with E-state index in [9.17, 15) is 18.5 Å². The van der Waals surface area contributed by atoms with Gasteiger partial charge in [0, 0.05) is 25.2 Å². The van der Waals surface area contributed by atoms with Crippen molar-refractivity contribution in [3.63, 3.8) is 0 Å². The van der Waals surface area contributed by atoms with Crippen molar-refractivity contribution >= 4 is 15.7 Å². The molecule has 1 aliphatic carbocycles. The lowest BCUT2D eigenvalue weighted by Crippen LogP contribution is -2.42. The quantitative estimate of drug-likeness (QED) is 0.574. The number of ether oxygens (including phenoxy) is 2. The minimum atomic E-state index is -4.00. The summed E-state index contributed by atoms with van der Waals surface area (Å²) in [7, 11) is -4.00. The molecule has 0 aromatic heterocycles. The van der Waals surface area contributed by atoms with Crippen molar-refractivity contribution in [2.45, 2.75) is 30.2 Å². The van der Waals surface area contributed by atoms with Crippen LogP contribution in [0.3, 0.4) is 0 Å². The summed E-state index contributed by atoms with van der Waals surface area (Å²) in [5.41, 5.74) is -0.390. The molecule has 1 aromatic rings. The number of morpholine rings is 1. The van der Waals surface area contributed by atoms with Gasteiger partial charge in [-0.1, -0.05) is 0 Å². The van der Waals surface area contributed by atoms with Crippen molar-refractivity contribution in [1.82, 2.24) is 4.90 Å². The fraction of sp³-hybridized carbons (Fsp3) is 0.625. The van der Waals surface area contributed by atoms with Crippen LogP contribution in [0.15, 0.2) is 23.1 Å². The van der Waals surface area contributed by atoms with E-state index in [2.05, 4.69) is 4.90 Å². The van der Waals surface area contributed by atoms with E-state index in [1.54, 1.807) is 0 Å². The Hall–Kier alpha value is -1.75. The van der Waals surface area contributed by atoms with Crippen molar-refractivity contribution in [2.24, 2.45) is 11.1 Å². The van der Waals surface area contributed by atoms with Gasteiger partial charge in [-0.2, -0.15) is 0 Å². The Labute approximate surface area is 152 Å². The lowest BCUT2D eigenvalue weighted by molar-refractivity contribution is -0.386. The van der Waals surface area contributed by atoms with Crippen LogP contribution in [-0.4, -0.2) is 57.2 Å². The maximum atomic E-state index is 11.4. The average molecular weight is 385 g/mol. The summed E-state index contributed by atoms with van der Waals surface area (Å²) < 4.78 is 33.8. The zero-order chi connectivity index (χ0) is 18.7.